The molecule has 1 aliphatic rings. The van der Waals surface area contributed by atoms with Crippen molar-refractivity contribution in [1.82, 2.24) is 5.32 Å². The first-order valence-corrected chi connectivity index (χ1v) is 6.19. The van der Waals surface area contributed by atoms with Gasteiger partial charge in [-0.25, -0.2) is 4.39 Å². The summed E-state index contributed by atoms with van der Waals surface area (Å²) >= 11 is 3.19. The van der Waals surface area contributed by atoms with Crippen LogP contribution in [0.15, 0.2) is 22.7 Å². The Hall–Kier alpha value is -0.410. The van der Waals surface area contributed by atoms with Crippen molar-refractivity contribution >= 4 is 15.9 Å². The van der Waals surface area contributed by atoms with Crippen LogP contribution in [-0.4, -0.2) is 6.54 Å². The third-order valence-corrected chi connectivity index (χ3v) is 3.58. The first-order chi connectivity index (χ1) is 7.25. The quantitative estimate of drug-likeness (QED) is 0.884. The predicted octanol–water partition coefficient (Wildman–Crippen LogP) is 3.48. The lowest BCUT2D eigenvalue weighted by Crippen LogP contribution is -2.26. The maximum absolute atomic E-state index is 12.9. The minimum Gasteiger partial charge on any atom is -0.312 e. The molecule has 1 saturated carbocycles. The van der Waals surface area contributed by atoms with Crippen LogP contribution < -0.4 is 5.32 Å². The zero-order chi connectivity index (χ0) is 10.7. The minimum absolute atomic E-state index is 0.197. The Labute approximate surface area is 98.2 Å². The molecular weight excluding hydrogens is 257 g/mol. The second-order valence-electron chi connectivity index (χ2n) is 4.18. The van der Waals surface area contributed by atoms with Gasteiger partial charge in [0.25, 0.3) is 0 Å². The van der Waals surface area contributed by atoms with E-state index in [2.05, 4.69) is 21.2 Å². The average Bonchev–Trinajstić information content (AvgIpc) is 2.15. The Morgan fingerprint density at radius 2 is 2.20 bits per heavy atom. The van der Waals surface area contributed by atoms with Crippen LogP contribution in [0.5, 0.6) is 0 Å². The molecule has 0 heterocycles. The summed E-state index contributed by atoms with van der Waals surface area (Å²) in [6.45, 7) is 1.92. The highest BCUT2D eigenvalue weighted by Crippen LogP contribution is 2.25. The van der Waals surface area contributed by atoms with Gasteiger partial charge < -0.3 is 5.32 Å². The Kier molecular flexibility index (Phi) is 3.76. The minimum atomic E-state index is -0.197. The van der Waals surface area contributed by atoms with Gasteiger partial charge in [-0.1, -0.05) is 12.5 Å². The molecule has 1 aromatic rings. The van der Waals surface area contributed by atoms with E-state index in [1.54, 1.807) is 0 Å². The zero-order valence-electron chi connectivity index (χ0n) is 8.60. The Balaban J connectivity index is 1.79. The standard InChI is InChI=1S/C12H15BrFN/c13-11-6-10(4-5-12(11)14)8-15-7-9-2-1-3-9/h4-6,9,15H,1-3,7-8H2. The van der Waals surface area contributed by atoms with E-state index >= 15 is 0 Å². The summed E-state index contributed by atoms with van der Waals surface area (Å²) < 4.78 is 13.5. The van der Waals surface area contributed by atoms with Crippen LogP contribution in [0.25, 0.3) is 0 Å². The van der Waals surface area contributed by atoms with Crippen LogP contribution in [-0.2, 0) is 6.54 Å². The van der Waals surface area contributed by atoms with Crippen LogP contribution in [0, 0.1) is 11.7 Å². The summed E-state index contributed by atoms with van der Waals surface area (Å²) in [6, 6.07) is 5.17. The molecule has 0 aliphatic heterocycles. The highest BCUT2D eigenvalue weighted by molar-refractivity contribution is 9.10. The lowest BCUT2D eigenvalue weighted by atomic mass is 9.85. The molecule has 0 spiro atoms. The first kappa shape index (κ1) is 11.1. The van der Waals surface area contributed by atoms with Crippen molar-refractivity contribution in [3.63, 3.8) is 0 Å². The molecule has 0 radical (unpaired) electrons. The Morgan fingerprint density at radius 1 is 1.40 bits per heavy atom. The molecule has 1 aliphatic carbocycles. The summed E-state index contributed by atoms with van der Waals surface area (Å²) in [5.41, 5.74) is 1.13. The van der Waals surface area contributed by atoms with Crippen molar-refractivity contribution < 1.29 is 4.39 Å². The number of hydrogen-bond donors (Lipinski definition) is 1. The number of benzene rings is 1. The molecule has 1 N–H and O–H groups in total. The Bertz CT molecular complexity index is 336. The lowest BCUT2D eigenvalue weighted by molar-refractivity contribution is 0.301. The fourth-order valence-electron chi connectivity index (χ4n) is 1.77. The summed E-state index contributed by atoms with van der Waals surface area (Å²) in [6.07, 6.45) is 4.11. The van der Waals surface area contributed by atoms with Crippen molar-refractivity contribution in [2.45, 2.75) is 25.8 Å². The van der Waals surface area contributed by atoms with Gasteiger partial charge in [0.15, 0.2) is 0 Å². The Morgan fingerprint density at radius 3 is 2.80 bits per heavy atom. The van der Waals surface area contributed by atoms with Gasteiger partial charge in [0.05, 0.1) is 4.47 Å². The lowest BCUT2D eigenvalue weighted by Gasteiger charge is -2.25. The molecule has 1 fully saturated rings. The smallest absolute Gasteiger partial charge is 0.137 e. The molecule has 0 unspecified atom stereocenters. The van der Waals surface area contributed by atoms with Gasteiger partial charge in [0.2, 0.25) is 0 Å². The molecule has 3 heteroatoms. The average molecular weight is 272 g/mol. The highest BCUT2D eigenvalue weighted by atomic mass is 79.9. The highest BCUT2D eigenvalue weighted by Gasteiger charge is 2.16. The van der Waals surface area contributed by atoms with Crippen LogP contribution in [0.2, 0.25) is 0 Å². The van der Waals surface area contributed by atoms with E-state index in [4.69, 9.17) is 0 Å². The third-order valence-electron chi connectivity index (χ3n) is 2.97. The van der Waals surface area contributed by atoms with E-state index in [0.717, 1.165) is 24.6 Å². The van der Waals surface area contributed by atoms with Crippen LogP contribution >= 0.6 is 15.9 Å². The van der Waals surface area contributed by atoms with Gasteiger partial charge in [-0.15, -0.1) is 0 Å². The van der Waals surface area contributed by atoms with Gasteiger partial charge in [-0.2, -0.15) is 0 Å². The summed E-state index contributed by atoms with van der Waals surface area (Å²) in [4.78, 5) is 0. The summed E-state index contributed by atoms with van der Waals surface area (Å²) in [5, 5.41) is 3.41. The fourth-order valence-corrected chi connectivity index (χ4v) is 2.19. The van der Waals surface area contributed by atoms with Crippen molar-refractivity contribution in [3.05, 3.63) is 34.1 Å². The van der Waals surface area contributed by atoms with E-state index in [1.165, 1.54) is 25.3 Å². The van der Waals surface area contributed by atoms with Gasteiger partial charge in [-0.05, 0) is 58.9 Å². The van der Waals surface area contributed by atoms with Crippen molar-refractivity contribution in [1.29, 1.82) is 0 Å². The van der Waals surface area contributed by atoms with E-state index < -0.39 is 0 Å². The SMILES string of the molecule is Fc1ccc(CNCC2CCC2)cc1Br. The molecule has 0 saturated heterocycles. The van der Waals surface area contributed by atoms with Crippen LogP contribution in [0.4, 0.5) is 4.39 Å². The van der Waals surface area contributed by atoms with Crippen LogP contribution in [0.3, 0.4) is 0 Å². The molecule has 0 amide bonds. The third kappa shape index (κ3) is 3.02. The molecule has 1 aromatic carbocycles. The zero-order valence-corrected chi connectivity index (χ0v) is 10.2. The number of nitrogens with one attached hydrogen (secondary N) is 1. The second-order valence-corrected chi connectivity index (χ2v) is 5.03. The van der Waals surface area contributed by atoms with Crippen molar-refractivity contribution in [2.75, 3.05) is 6.54 Å². The normalized spacial score (nSPS) is 16.4. The van der Waals surface area contributed by atoms with Gasteiger partial charge in [0.1, 0.15) is 5.82 Å². The molecule has 15 heavy (non-hydrogen) atoms. The van der Waals surface area contributed by atoms with E-state index in [9.17, 15) is 4.39 Å². The number of halogens is 2. The summed E-state index contributed by atoms with van der Waals surface area (Å²) in [5.74, 6) is 0.673. The first-order valence-electron chi connectivity index (χ1n) is 5.40. The van der Waals surface area contributed by atoms with E-state index in [1.807, 2.05) is 12.1 Å². The van der Waals surface area contributed by atoms with Crippen molar-refractivity contribution in [3.8, 4) is 0 Å². The van der Waals surface area contributed by atoms with Gasteiger partial charge in [0, 0.05) is 6.54 Å². The van der Waals surface area contributed by atoms with E-state index in [-0.39, 0.29) is 5.82 Å². The second kappa shape index (κ2) is 5.08. The summed E-state index contributed by atoms with van der Waals surface area (Å²) in [7, 11) is 0. The molecule has 0 bridgehead atoms. The van der Waals surface area contributed by atoms with Gasteiger partial charge >= 0.3 is 0 Å². The predicted molar refractivity (Wildman–Crippen MR) is 63.1 cm³/mol. The van der Waals surface area contributed by atoms with Crippen LogP contribution in [0.1, 0.15) is 24.8 Å². The largest absolute Gasteiger partial charge is 0.312 e. The topological polar surface area (TPSA) is 12.0 Å². The molecule has 0 atom stereocenters. The molecule has 1 nitrogen and oxygen atoms in total. The molecule has 2 rings (SSSR count). The van der Waals surface area contributed by atoms with E-state index in [0.29, 0.717) is 4.47 Å². The maximum Gasteiger partial charge on any atom is 0.137 e. The maximum atomic E-state index is 12.9. The van der Waals surface area contributed by atoms with Crippen molar-refractivity contribution in [2.24, 2.45) is 5.92 Å². The molecule has 82 valence electrons. The van der Waals surface area contributed by atoms with Gasteiger partial charge in [-0.3, -0.25) is 0 Å². The fraction of sp³-hybridized carbons (Fsp3) is 0.500. The number of hydrogen-bond acceptors (Lipinski definition) is 1. The monoisotopic (exact) mass is 271 g/mol. The number of rotatable bonds is 4. The molecular formula is C12H15BrFN. The molecule has 0 aromatic heterocycles.